The summed E-state index contributed by atoms with van der Waals surface area (Å²) in [4.78, 5) is 1.29. The Hall–Kier alpha value is -0.0900. The van der Waals surface area contributed by atoms with Crippen molar-refractivity contribution in [3.8, 4) is 0 Å². The van der Waals surface area contributed by atoms with Crippen molar-refractivity contribution in [2.24, 2.45) is 5.73 Å². The van der Waals surface area contributed by atoms with Crippen LogP contribution in [-0.2, 0) is 0 Å². The van der Waals surface area contributed by atoms with Gasteiger partial charge in [-0.05, 0) is 38.9 Å². The van der Waals surface area contributed by atoms with E-state index in [-0.39, 0.29) is 6.04 Å². The zero-order valence-corrected chi connectivity index (χ0v) is 10.2. The summed E-state index contributed by atoms with van der Waals surface area (Å²) in [5, 5.41) is 3.28. The van der Waals surface area contributed by atoms with Gasteiger partial charge < -0.3 is 11.1 Å². The molecule has 2 atom stereocenters. The predicted octanol–water partition coefficient (Wildman–Crippen LogP) is 2.79. The highest BCUT2D eigenvalue weighted by Gasteiger charge is 2.11. The van der Waals surface area contributed by atoms with Crippen molar-refractivity contribution in [2.45, 2.75) is 31.8 Å². The molecule has 1 aromatic heterocycles. The molecule has 0 radical (unpaired) electrons. The molecule has 4 heteroatoms. The molecule has 0 fully saturated rings. The fraction of sp³-hybridized carbons (Fsp3) is 0.600. The molecule has 0 aliphatic heterocycles. The summed E-state index contributed by atoms with van der Waals surface area (Å²) in [5.74, 6) is 0. The molecule has 0 amide bonds. The first kappa shape index (κ1) is 12.0. The fourth-order valence-electron chi connectivity index (χ4n) is 1.37. The van der Waals surface area contributed by atoms with Gasteiger partial charge in [-0.2, -0.15) is 0 Å². The molecule has 1 rings (SSSR count). The second kappa shape index (κ2) is 5.71. The van der Waals surface area contributed by atoms with Gasteiger partial charge in [-0.1, -0.05) is 11.6 Å². The third kappa shape index (κ3) is 3.58. The maximum Gasteiger partial charge on any atom is 0.0931 e. The van der Waals surface area contributed by atoms with E-state index in [1.165, 1.54) is 4.88 Å². The Balaban J connectivity index is 2.54. The second-order valence-electron chi connectivity index (χ2n) is 3.54. The number of rotatable bonds is 5. The van der Waals surface area contributed by atoms with E-state index < -0.39 is 0 Å². The van der Waals surface area contributed by atoms with Gasteiger partial charge in [-0.25, -0.2) is 0 Å². The summed E-state index contributed by atoms with van der Waals surface area (Å²) in [7, 11) is 1.97. The third-order valence-corrected chi connectivity index (χ3v) is 3.54. The van der Waals surface area contributed by atoms with E-state index in [4.69, 9.17) is 17.3 Å². The van der Waals surface area contributed by atoms with E-state index in [1.807, 2.05) is 20.0 Å². The summed E-state index contributed by atoms with van der Waals surface area (Å²) in [6.07, 6.45) is 2.09. The molecule has 0 aliphatic rings. The van der Waals surface area contributed by atoms with Gasteiger partial charge in [0.1, 0.15) is 0 Å². The lowest BCUT2D eigenvalue weighted by Gasteiger charge is -2.15. The van der Waals surface area contributed by atoms with Crippen molar-refractivity contribution < 1.29 is 0 Å². The van der Waals surface area contributed by atoms with Gasteiger partial charge in [0.2, 0.25) is 0 Å². The molecule has 0 saturated heterocycles. The van der Waals surface area contributed by atoms with Crippen LogP contribution in [0.25, 0.3) is 0 Å². The maximum atomic E-state index is 5.89. The SMILES string of the molecule is CNC(CCC(C)N)c1ccc(Cl)s1. The van der Waals surface area contributed by atoms with Gasteiger partial charge in [-0.3, -0.25) is 0 Å². The molecule has 3 N–H and O–H groups in total. The third-order valence-electron chi connectivity index (χ3n) is 2.20. The number of halogens is 1. The number of nitrogens with one attached hydrogen (secondary N) is 1. The molecular formula is C10H17ClN2S. The van der Waals surface area contributed by atoms with E-state index >= 15 is 0 Å². The van der Waals surface area contributed by atoms with Crippen molar-refractivity contribution in [1.82, 2.24) is 5.32 Å². The molecule has 1 heterocycles. The van der Waals surface area contributed by atoms with E-state index in [9.17, 15) is 0 Å². The molecule has 0 saturated carbocycles. The predicted molar refractivity (Wildman–Crippen MR) is 64.0 cm³/mol. The standard InChI is InChI=1S/C10H17ClN2S/c1-7(12)3-4-8(13-2)9-5-6-10(11)14-9/h5-8,13H,3-4,12H2,1-2H3. The smallest absolute Gasteiger partial charge is 0.0931 e. The summed E-state index contributed by atoms with van der Waals surface area (Å²) in [6, 6.07) is 4.67. The maximum absolute atomic E-state index is 5.89. The van der Waals surface area contributed by atoms with E-state index in [0.717, 1.165) is 17.2 Å². The van der Waals surface area contributed by atoms with E-state index in [0.29, 0.717) is 6.04 Å². The van der Waals surface area contributed by atoms with Crippen LogP contribution in [0.5, 0.6) is 0 Å². The Kier molecular flexibility index (Phi) is 4.89. The topological polar surface area (TPSA) is 38.0 Å². The van der Waals surface area contributed by atoms with Gasteiger partial charge in [0, 0.05) is 17.0 Å². The molecule has 14 heavy (non-hydrogen) atoms. The van der Waals surface area contributed by atoms with Crippen LogP contribution in [0.4, 0.5) is 0 Å². The van der Waals surface area contributed by atoms with Crippen molar-refractivity contribution in [1.29, 1.82) is 0 Å². The van der Waals surface area contributed by atoms with Crippen LogP contribution in [0.3, 0.4) is 0 Å². The quantitative estimate of drug-likeness (QED) is 0.820. The largest absolute Gasteiger partial charge is 0.328 e. The highest BCUT2D eigenvalue weighted by molar-refractivity contribution is 7.16. The summed E-state index contributed by atoms with van der Waals surface area (Å²) >= 11 is 7.52. The lowest BCUT2D eigenvalue weighted by Crippen LogP contribution is -2.20. The molecular weight excluding hydrogens is 216 g/mol. The van der Waals surface area contributed by atoms with E-state index in [2.05, 4.69) is 11.4 Å². The minimum Gasteiger partial charge on any atom is -0.328 e. The first-order chi connectivity index (χ1) is 6.63. The number of nitrogens with two attached hydrogens (primary N) is 1. The minimum absolute atomic E-state index is 0.265. The van der Waals surface area contributed by atoms with Gasteiger partial charge in [0.25, 0.3) is 0 Å². The molecule has 0 aliphatic carbocycles. The molecule has 0 aromatic carbocycles. The summed E-state index contributed by atoms with van der Waals surface area (Å²) in [6.45, 7) is 2.04. The van der Waals surface area contributed by atoms with Crippen LogP contribution in [0.1, 0.15) is 30.7 Å². The lowest BCUT2D eigenvalue weighted by molar-refractivity contribution is 0.502. The Morgan fingerprint density at radius 2 is 2.21 bits per heavy atom. The Labute approximate surface area is 94.5 Å². The van der Waals surface area contributed by atoms with Gasteiger partial charge >= 0.3 is 0 Å². The molecule has 2 nitrogen and oxygen atoms in total. The first-order valence-electron chi connectivity index (χ1n) is 4.81. The Morgan fingerprint density at radius 3 is 2.64 bits per heavy atom. The molecule has 0 bridgehead atoms. The van der Waals surface area contributed by atoms with Crippen molar-refractivity contribution in [2.75, 3.05) is 7.05 Å². The highest BCUT2D eigenvalue weighted by Crippen LogP contribution is 2.29. The monoisotopic (exact) mass is 232 g/mol. The molecule has 0 spiro atoms. The van der Waals surface area contributed by atoms with Crippen molar-refractivity contribution in [3.63, 3.8) is 0 Å². The van der Waals surface area contributed by atoms with Crippen LogP contribution in [-0.4, -0.2) is 13.1 Å². The van der Waals surface area contributed by atoms with Crippen LogP contribution in [0, 0.1) is 0 Å². The zero-order valence-electron chi connectivity index (χ0n) is 8.59. The molecule has 1 aromatic rings. The van der Waals surface area contributed by atoms with Crippen molar-refractivity contribution in [3.05, 3.63) is 21.3 Å². The summed E-state index contributed by atoms with van der Waals surface area (Å²) in [5.41, 5.74) is 5.73. The fourth-order valence-corrected chi connectivity index (χ4v) is 2.58. The Morgan fingerprint density at radius 1 is 1.50 bits per heavy atom. The van der Waals surface area contributed by atoms with E-state index in [1.54, 1.807) is 11.3 Å². The lowest BCUT2D eigenvalue weighted by atomic mass is 10.1. The number of hydrogen-bond donors (Lipinski definition) is 2. The van der Waals surface area contributed by atoms with Gasteiger partial charge in [0.05, 0.1) is 4.34 Å². The average molecular weight is 233 g/mol. The number of hydrogen-bond acceptors (Lipinski definition) is 3. The normalized spacial score (nSPS) is 15.4. The van der Waals surface area contributed by atoms with Crippen LogP contribution < -0.4 is 11.1 Å². The van der Waals surface area contributed by atoms with Crippen LogP contribution >= 0.6 is 22.9 Å². The Bertz CT molecular complexity index is 273. The average Bonchev–Trinajstić information content (AvgIpc) is 2.53. The summed E-state index contributed by atoms with van der Waals surface area (Å²) < 4.78 is 0.848. The second-order valence-corrected chi connectivity index (χ2v) is 5.28. The highest BCUT2D eigenvalue weighted by atomic mass is 35.5. The molecule has 80 valence electrons. The zero-order chi connectivity index (χ0) is 10.6. The van der Waals surface area contributed by atoms with Gasteiger partial charge in [0.15, 0.2) is 0 Å². The molecule has 2 unspecified atom stereocenters. The minimum atomic E-state index is 0.265. The van der Waals surface area contributed by atoms with Crippen LogP contribution in [0.2, 0.25) is 4.34 Å². The van der Waals surface area contributed by atoms with Gasteiger partial charge in [-0.15, -0.1) is 11.3 Å². The number of thiophene rings is 1. The van der Waals surface area contributed by atoms with Crippen LogP contribution in [0.15, 0.2) is 12.1 Å². The van der Waals surface area contributed by atoms with Crippen molar-refractivity contribution >= 4 is 22.9 Å². The first-order valence-corrected chi connectivity index (χ1v) is 6.01.